The van der Waals surface area contributed by atoms with Crippen LogP contribution in [0.2, 0.25) is 0 Å². The Morgan fingerprint density at radius 1 is 1.00 bits per heavy atom. The first kappa shape index (κ1) is 18.6. The fraction of sp³-hybridized carbons (Fsp3) is 0.267. The summed E-state index contributed by atoms with van der Waals surface area (Å²) in [6, 6.07) is 8.07. The van der Waals surface area contributed by atoms with E-state index in [1.54, 1.807) is 6.33 Å². The van der Waals surface area contributed by atoms with Crippen molar-refractivity contribution in [1.29, 1.82) is 0 Å². The molecule has 0 aliphatic rings. The van der Waals surface area contributed by atoms with Crippen molar-refractivity contribution in [3.63, 3.8) is 0 Å². The molecule has 0 spiro atoms. The van der Waals surface area contributed by atoms with Gasteiger partial charge < -0.3 is 10.6 Å². The van der Waals surface area contributed by atoms with Gasteiger partial charge in [0.05, 0.1) is 0 Å². The topological polar surface area (TPSA) is 72.9 Å². The second-order valence-electron chi connectivity index (χ2n) is 4.93. The molecule has 9 heteroatoms. The standard InChI is InChI=1S/C15H16Cl2N6.ClH/c16-5-7-22(8-6-17)11-1-3-12(4-2-11)23-10-21-13-14(18)19-9-20-15(13)23;/h1-4,9-10H,5-8H2,(H2,18,19,20);1H. The summed E-state index contributed by atoms with van der Waals surface area (Å²) in [5.74, 6) is 1.49. The maximum absolute atomic E-state index is 5.85. The normalized spacial score (nSPS) is 10.6. The van der Waals surface area contributed by atoms with Crippen LogP contribution in [-0.2, 0) is 0 Å². The van der Waals surface area contributed by atoms with Gasteiger partial charge in [-0.25, -0.2) is 15.0 Å². The van der Waals surface area contributed by atoms with Gasteiger partial charge in [0.25, 0.3) is 0 Å². The lowest BCUT2D eigenvalue weighted by atomic mass is 10.2. The summed E-state index contributed by atoms with van der Waals surface area (Å²) in [7, 11) is 0. The molecule has 128 valence electrons. The average Bonchev–Trinajstić information content (AvgIpc) is 3.00. The molecule has 0 amide bonds. The van der Waals surface area contributed by atoms with Gasteiger partial charge in [0, 0.05) is 36.2 Å². The number of benzene rings is 1. The molecule has 0 radical (unpaired) electrons. The van der Waals surface area contributed by atoms with E-state index in [1.165, 1.54) is 6.33 Å². The number of hydrogen-bond donors (Lipinski definition) is 1. The van der Waals surface area contributed by atoms with Crippen LogP contribution in [0.3, 0.4) is 0 Å². The summed E-state index contributed by atoms with van der Waals surface area (Å²) in [5, 5.41) is 0. The third-order valence-corrected chi connectivity index (χ3v) is 3.90. The lowest BCUT2D eigenvalue weighted by Gasteiger charge is -2.23. The van der Waals surface area contributed by atoms with Gasteiger partial charge in [-0.05, 0) is 24.3 Å². The molecule has 0 saturated carbocycles. The van der Waals surface area contributed by atoms with Gasteiger partial charge in [0.2, 0.25) is 0 Å². The first-order valence-electron chi connectivity index (χ1n) is 7.15. The zero-order chi connectivity index (χ0) is 16.2. The molecule has 0 saturated heterocycles. The van der Waals surface area contributed by atoms with Gasteiger partial charge in [0.1, 0.15) is 12.7 Å². The van der Waals surface area contributed by atoms with Gasteiger partial charge >= 0.3 is 0 Å². The first-order valence-corrected chi connectivity index (χ1v) is 8.22. The Labute approximate surface area is 156 Å². The molecular weight excluding hydrogens is 371 g/mol. The molecule has 0 unspecified atom stereocenters. The van der Waals surface area contributed by atoms with Gasteiger partial charge in [0.15, 0.2) is 17.0 Å². The van der Waals surface area contributed by atoms with Crippen molar-refractivity contribution >= 4 is 58.3 Å². The summed E-state index contributed by atoms with van der Waals surface area (Å²) in [5.41, 5.74) is 9.13. The molecule has 6 nitrogen and oxygen atoms in total. The summed E-state index contributed by atoms with van der Waals surface area (Å²) in [4.78, 5) is 14.6. The number of fused-ring (bicyclic) bond motifs is 1. The van der Waals surface area contributed by atoms with Crippen molar-refractivity contribution < 1.29 is 0 Å². The lowest BCUT2D eigenvalue weighted by Crippen LogP contribution is -2.27. The Kier molecular flexibility index (Phi) is 6.48. The Hall–Kier alpha value is -1.76. The van der Waals surface area contributed by atoms with Crippen LogP contribution in [-0.4, -0.2) is 44.4 Å². The van der Waals surface area contributed by atoms with Crippen LogP contribution >= 0.6 is 35.6 Å². The van der Waals surface area contributed by atoms with Crippen LogP contribution < -0.4 is 10.6 Å². The number of nitrogens with zero attached hydrogens (tertiary/aromatic N) is 5. The minimum absolute atomic E-state index is 0. The lowest BCUT2D eigenvalue weighted by molar-refractivity contribution is 0.873. The summed E-state index contributed by atoms with van der Waals surface area (Å²) in [6.07, 6.45) is 3.13. The molecule has 24 heavy (non-hydrogen) atoms. The predicted molar refractivity (Wildman–Crippen MR) is 102 cm³/mol. The molecule has 0 bridgehead atoms. The van der Waals surface area contributed by atoms with Crippen molar-refractivity contribution in [2.24, 2.45) is 0 Å². The van der Waals surface area contributed by atoms with E-state index in [0.29, 0.717) is 28.7 Å². The molecule has 2 heterocycles. The number of aromatic nitrogens is 4. The SMILES string of the molecule is Cl.Nc1ncnc2c1ncn2-c1ccc(N(CCCl)CCCl)cc1. The fourth-order valence-electron chi connectivity index (χ4n) is 2.44. The van der Waals surface area contributed by atoms with Gasteiger partial charge in [-0.15, -0.1) is 35.6 Å². The van der Waals surface area contributed by atoms with Crippen LogP contribution in [0, 0.1) is 0 Å². The maximum Gasteiger partial charge on any atom is 0.170 e. The smallest absolute Gasteiger partial charge is 0.170 e. The van der Waals surface area contributed by atoms with Crippen molar-refractivity contribution in [2.45, 2.75) is 0 Å². The Morgan fingerprint density at radius 3 is 2.29 bits per heavy atom. The van der Waals surface area contributed by atoms with Gasteiger partial charge in [-0.2, -0.15) is 0 Å². The quantitative estimate of drug-likeness (QED) is 0.658. The second-order valence-corrected chi connectivity index (χ2v) is 5.68. The minimum Gasteiger partial charge on any atom is -0.382 e. The molecule has 0 atom stereocenters. The van der Waals surface area contributed by atoms with E-state index in [9.17, 15) is 0 Å². The van der Waals surface area contributed by atoms with E-state index >= 15 is 0 Å². The number of imidazole rings is 1. The van der Waals surface area contributed by atoms with Crippen molar-refractivity contribution in [2.75, 3.05) is 35.5 Å². The monoisotopic (exact) mass is 386 g/mol. The van der Waals surface area contributed by atoms with E-state index in [0.717, 1.165) is 24.5 Å². The summed E-state index contributed by atoms with van der Waals surface area (Å²) < 4.78 is 1.88. The third-order valence-electron chi connectivity index (χ3n) is 3.56. The summed E-state index contributed by atoms with van der Waals surface area (Å²) >= 11 is 11.7. The van der Waals surface area contributed by atoms with Crippen molar-refractivity contribution in [3.05, 3.63) is 36.9 Å². The highest BCUT2D eigenvalue weighted by atomic mass is 35.5. The van der Waals surface area contributed by atoms with E-state index in [-0.39, 0.29) is 12.4 Å². The first-order chi connectivity index (χ1) is 11.2. The maximum atomic E-state index is 5.85. The third kappa shape index (κ3) is 3.66. The van der Waals surface area contributed by atoms with E-state index < -0.39 is 0 Å². The average molecular weight is 388 g/mol. The van der Waals surface area contributed by atoms with E-state index in [4.69, 9.17) is 28.9 Å². The number of halogens is 3. The van der Waals surface area contributed by atoms with Gasteiger partial charge in [-0.1, -0.05) is 0 Å². The Bertz CT molecular complexity index is 784. The zero-order valence-electron chi connectivity index (χ0n) is 12.8. The Balaban J connectivity index is 0.00000208. The molecular formula is C15H17Cl3N6. The number of rotatable bonds is 6. The minimum atomic E-state index is 0. The van der Waals surface area contributed by atoms with Crippen LogP contribution in [0.15, 0.2) is 36.9 Å². The van der Waals surface area contributed by atoms with Crippen LogP contribution in [0.25, 0.3) is 16.9 Å². The highest BCUT2D eigenvalue weighted by molar-refractivity contribution is 6.18. The van der Waals surface area contributed by atoms with Crippen LogP contribution in [0.5, 0.6) is 0 Å². The molecule has 3 aromatic rings. The number of hydrogen-bond acceptors (Lipinski definition) is 5. The van der Waals surface area contributed by atoms with Gasteiger partial charge in [-0.3, -0.25) is 4.57 Å². The molecule has 1 aromatic carbocycles. The highest BCUT2D eigenvalue weighted by Crippen LogP contribution is 2.22. The van der Waals surface area contributed by atoms with Crippen LogP contribution in [0.4, 0.5) is 11.5 Å². The largest absolute Gasteiger partial charge is 0.382 e. The number of nitrogen functional groups attached to an aromatic ring is 1. The highest BCUT2D eigenvalue weighted by Gasteiger charge is 2.10. The fourth-order valence-corrected chi connectivity index (χ4v) is 2.85. The van der Waals surface area contributed by atoms with Crippen molar-refractivity contribution in [3.8, 4) is 5.69 Å². The molecule has 0 aliphatic heterocycles. The number of alkyl halides is 2. The molecule has 2 N–H and O–H groups in total. The molecule has 3 rings (SSSR count). The number of anilines is 2. The second kappa shape index (κ2) is 8.37. The Morgan fingerprint density at radius 2 is 1.67 bits per heavy atom. The molecule has 0 aliphatic carbocycles. The van der Waals surface area contributed by atoms with E-state index in [2.05, 4.69) is 19.9 Å². The van der Waals surface area contributed by atoms with Crippen LogP contribution in [0.1, 0.15) is 0 Å². The molecule has 2 aromatic heterocycles. The van der Waals surface area contributed by atoms with E-state index in [1.807, 2.05) is 28.8 Å². The molecule has 0 fully saturated rings. The zero-order valence-corrected chi connectivity index (χ0v) is 15.1. The summed E-state index contributed by atoms with van der Waals surface area (Å²) in [6.45, 7) is 1.51. The number of nitrogens with two attached hydrogens (primary N) is 1. The predicted octanol–water partition coefficient (Wildman–Crippen LogP) is 3.10. The van der Waals surface area contributed by atoms with Crippen molar-refractivity contribution in [1.82, 2.24) is 19.5 Å².